The molecule has 0 unspecified atom stereocenters. The maximum atomic E-state index is 8.55. The SMILES string of the molecule is [2H]C([2H])(c1cc(-c2[c-]cccc2)ncc1[Si](C)(C)C)C(C)C.[Ir].[c-]1ccc2c(oc3ccccc32)c1-c1nc2ccccc2n1-c1ccc(-c2ccccc2)cc1-c1ccccc1. The summed E-state index contributed by atoms with van der Waals surface area (Å²) in [5.41, 5.74) is 12.6. The van der Waals surface area contributed by atoms with Gasteiger partial charge in [0.05, 0.1) is 30.5 Å². The molecule has 0 atom stereocenters. The first-order chi connectivity index (χ1) is 30.0. The maximum absolute atomic E-state index is 8.55. The molecule has 0 aliphatic carbocycles. The molecule has 1 radical (unpaired) electrons. The van der Waals surface area contributed by atoms with Gasteiger partial charge in [0.25, 0.3) is 0 Å². The van der Waals surface area contributed by atoms with Gasteiger partial charge in [-0.2, -0.15) is 0 Å². The molecule has 0 saturated carbocycles. The molecule has 4 nitrogen and oxygen atoms in total. The third-order valence-corrected chi connectivity index (χ3v) is 12.7. The summed E-state index contributed by atoms with van der Waals surface area (Å²) in [6.45, 7) is 10.6. The summed E-state index contributed by atoms with van der Waals surface area (Å²) >= 11 is 0. The molecule has 3 heterocycles. The van der Waals surface area contributed by atoms with Gasteiger partial charge in [0.2, 0.25) is 0 Å². The van der Waals surface area contributed by atoms with Crippen molar-refractivity contribution in [1.29, 1.82) is 0 Å². The minimum Gasteiger partial charge on any atom is -0.501 e. The number of aromatic nitrogens is 3. The van der Waals surface area contributed by atoms with Crippen LogP contribution < -0.4 is 5.19 Å². The van der Waals surface area contributed by atoms with Gasteiger partial charge in [-0.05, 0) is 70.2 Å². The van der Waals surface area contributed by atoms with Crippen molar-refractivity contribution in [3.8, 4) is 50.6 Å². The number of fused-ring (bicyclic) bond motifs is 4. The quantitative estimate of drug-likeness (QED) is 0.113. The van der Waals surface area contributed by atoms with Crippen LogP contribution in [0.2, 0.25) is 19.6 Å². The van der Waals surface area contributed by atoms with Crippen LogP contribution in [-0.4, -0.2) is 22.6 Å². The third kappa shape index (κ3) is 8.58. The smallest absolute Gasteiger partial charge is 0.120 e. The van der Waals surface area contributed by atoms with Crippen LogP contribution in [0.5, 0.6) is 0 Å². The molecule has 0 aliphatic heterocycles. The van der Waals surface area contributed by atoms with Crippen molar-refractivity contribution >= 4 is 46.2 Å². The van der Waals surface area contributed by atoms with Gasteiger partial charge >= 0.3 is 0 Å². The van der Waals surface area contributed by atoms with Crippen molar-refractivity contribution < 1.29 is 27.3 Å². The van der Waals surface area contributed by atoms with Crippen LogP contribution in [0.3, 0.4) is 0 Å². The van der Waals surface area contributed by atoms with E-state index in [4.69, 9.17) is 12.1 Å². The van der Waals surface area contributed by atoms with E-state index in [9.17, 15) is 0 Å². The molecular formula is C55H47IrN3OSi-2. The molecule has 6 heteroatoms. The zero-order valence-corrected chi connectivity index (χ0v) is 38.3. The summed E-state index contributed by atoms with van der Waals surface area (Å²) in [5, 5.41) is 3.25. The molecule has 0 spiro atoms. The molecule has 3 aromatic heterocycles. The van der Waals surface area contributed by atoms with Crippen molar-refractivity contribution in [2.75, 3.05) is 0 Å². The second kappa shape index (κ2) is 17.8. The van der Waals surface area contributed by atoms with E-state index >= 15 is 0 Å². The van der Waals surface area contributed by atoms with E-state index in [0.29, 0.717) is 0 Å². The topological polar surface area (TPSA) is 43.9 Å². The van der Waals surface area contributed by atoms with E-state index in [1.807, 2.05) is 80.7 Å². The Morgan fingerprint density at radius 1 is 0.689 bits per heavy atom. The van der Waals surface area contributed by atoms with Crippen LogP contribution >= 0.6 is 0 Å². The molecule has 61 heavy (non-hydrogen) atoms. The first-order valence-electron chi connectivity index (χ1n) is 21.5. The van der Waals surface area contributed by atoms with E-state index in [1.54, 1.807) is 0 Å². The molecule has 0 saturated heterocycles. The second-order valence-corrected chi connectivity index (χ2v) is 21.4. The first-order valence-corrected chi connectivity index (χ1v) is 24.0. The van der Waals surface area contributed by atoms with Gasteiger partial charge in [0.15, 0.2) is 0 Å². The number of para-hydroxylation sites is 3. The fourth-order valence-electron chi connectivity index (χ4n) is 7.87. The maximum Gasteiger partial charge on any atom is 0.120 e. The van der Waals surface area contributed by atoms with Crippen LogP contribution in [-0.2, 0) is 26.5 Å². The minimum absolute atomic E-state index is 0. The van der Waals surface area contributed by atoms with E-state index in [2.05, 4.69) is 151 Å². The van der Waals surface area contributed by atoms with E-state index < -0.39 is 14.4 Å². The van der Waals surface area contributed by atoms with Crippen molar-refractivity contribution in [2.24, 2.45) is 5.92 Å². The summed E-state index contributed by atoms with van der Waals surface area (Å²) in [4.78, 5) is 9.75. The Labute approximate surface area is 376 Å². The van der Waals surface area contributed by atoms with E-state index in [-0.39, 0.29) is 26.0 Å². The molecule has 10 aromatic rings. The van der Waals surface area contributed by atoms with Gasteiger partial charge in [-0.1, -0.05) is 153 Å². The molecule has 0 aliphatic rings. The van der Waals surface area contributed by atoms with Gasteiger partial charge in [0.1, 0.15) is 5.58 Å². The van der Waals surface area contributed by atoms with Gasteiger partial charge < -0.3 is 14.0 Å². The van der Waals surface area contributed by atoms with Crippen LogP contribution in [0.25, 0.3) is 83.6 Å². The largest absolute Gasteiger partial charge is 0.501 e. The molecule has 0 bridgehead atoms. The van der Waals surface area contributed by atoms with Crippen molar-refractivity contribution in [3.05, 3.63) is 194 Å². The van der Waals surface area contributed by atoms with Crippen LogP contribution in [0.15, 0.2) is 180 Å². The molecule has 0 amide bonds. The molecule has 303 valence electrons. The number of furan rings is 1. The number of imidazole rings is 1. The standard InChI is InChI=1S/C37H23N2O.C18H24NSi.Ir/c1-3-12-25(13-4-1)27-22-23-33(31(24-27)26-14-5-2-6-15-26)39-34-20-9-8-19-32(34)38-37(39)30-18-11-17-29-28-16-7-10-21-35(28)40-36(29)30;1-14(2)11-16-12-17(15-9-7-6-8-10-15)19-13-18(16)20(3,4)5;/h1-17,19-24H;6-9,12-14H,11H2,1-5H3;/q2*-1;/i;11D2;. The Bertz CT molecular complexity index is 3180. The van der Waals surface area contributed by atoms with Crippen molar-refractivity contribution in [2.45, 2.75) is 39.9 Å². The van der Waals surface area contributed by atoms with Gasteiger partial charge in [-0.25, -0.2) is 0 Å². The van der Waals surface area contributed by atoms with Gasteiger partial charge in [-0.15, -0.1) is 54.1 Å². The predicted molar refractivity (Wildman–Crippen MR) is 254 cm³/mol. The molecule has 0 fully saturated rings. The van der Waals surface area contributed by atoms with Gasteiger partial charge in [0, 0.05) is 45.7 Å². The number of hydrogen-bond acceptors (Lipinski definition) is 3. The molecule has 0 N–H and O–H groups in total. The van der Waals surface area contributed by atoms with Crippen LogP contribution in [0.1, 0.15) is 22.2 Å². The number of pyridine rings is 1. The zero-order valence-electron chi connectivity index (χ0n) is 36.9. The molecule has 7 aromatic carbocycles. The summed E-state index contributed by atoms with van der Waals surface area (Å²) in [6.07, 6.45) is 0.528. The number of nitrogens with zero attached hydrogens (tertiary/aromatic N) is 3. The average molecular weight is 988 g/mol. The second-order valence-electron chi connectivity index (χ2n) is 16.4. The summed E-state index contributed by atoms with van der Waals surface area (Å²) in [7, 11) is -1.67. The Morgan fingerprint density at radius 2 is 1.39 bits per heavy atom. The Hall–Kier alpha value is -6.17. The van der Waals surface area contributed by atoms with Crippen molar-refractivity contribution in [3.63, 3.8) is 0 Å². The number of rotatable bonds is 8. The van der Waals surface area contributed by atoms with Crippen LogP contribution in [0, 0.1) is 18.1 Å². The number of benzene rings is 7. The zero-order chi connectivity index (χ0) is 43.0. The fourth-order valence-corrected chi connectivity index (χ4v) is 9.27. The third-order valence-electron chi connectivity index (χ3n) is 10.7. The minimum atomic E-state index is -1.67. The summed E-state index contributed by atoms with van der Waals surface area (Å²) in [5.74, 6) is 0.716. The normalized spacial score (nSPS) is 12.2. The Kier molecular flexibility index (Phi) is 11.4. The van der Waals surface area contributed by atoms with Crippen LogP contribution in [0.4, 0.5) is 0 Å². The van der Waals surface area contributed by atoms with E-state index in [0.717, 1.165) is 83.2 Å². The summed E-state index contributed by atoms with van der Waals surface area (Å²) in [6, 6.07) is 64.6. The predicted octanol–water partition coefficient (Wildman–Crippen LogP) is 14.0. The van der Waals surface area contributed by atoms with Gasteiger partial charge in [-0.3, -0.25) is 4.98 Å². The average Bonchev–Trinajstić information content (AvgIpc) is 3.88. The Balaban J connectivity index is 0.000000203. The molecule has 10 rings (SSSR count). The molecular weight excluding hydrogens is 939 g/mol. The first kappa shape index (κ1) is 39.0. The number of hydrogen-bond donors (Lipinski definition) is 0. The summed E-state index contributed by atoms with van der Waals surface area (Å²) < 4.78 is 25.8. The Morgan fingerprint density at radius 3 is 2.13 bits per heavy atom. The monoisotopic (exact) mass is 988 g/mol. The fraction of sp³-hybridized carbons (Fsp3) is 0.127. The van der Waals surface area contributed by atoms with Crippen molar-refractivity contribution in [1.82, 2.24) is 14.5 Å². The van der Waals surface area contributed by atoms with E-state index in [1.165, 1.54) is 11.1 Å².